The summed E-state index contributed by atoms with van der Waals surface area (Å²) < 4.78 is 0. The van der Waals surface area contributed by atoms with Crippen molar-refractivity contribution in [2.75, 3.05) is 0 Å². The first kappa shape index (κ1) is 11.0. The maximum atomic E-state index is 11.7. The summed E-state index contributed by atoms with van der Waals surface area (Å²) in [6.45, 7) is 2.05. The molecule has 1 unspecified atom stereocenters. The fourth-order valence-electron chi connectivity index (χ4n) is 2.08. The van der Waals surface area contributed by atoms with E-state index >= 15 is 0 Å². The van der Waals surface area contributed by atoms with Crippen molar-refractivity contribution >= 4 is 17.6 Å². The molecule has 1 aliphatic rings. The number of halogens is 1. The zero-order valence-corrected chi connectivity index (χ0v) is 8.94. The van der Waals surface area contributed by atoms with Crippen LogP contribution in [0.2, 0.25) is 0 Å². The van der Waals surface area contributed by atoms with E-state index in [1.165, 1.54) is 12.8 Å². The molecule has 3 heteroatoms. The quantitative estimate of drug-likeness (QED) is 0.712. The van der Waals surface area contributed by atoms with E-state index in [1.54, 1.807) is 0 Å². The molecule has 76 valence electrons. The molecule has 2 atom stereocenters. The topological polar surface area (TPSA) is 29.1 Å². The first-order chi connectivity index (χ1) is 6.29. The molecule has 0 radical (unpaired) electrons. The molecule has 0 spiro atoms. The molecule has 0 aromatic rings. The van der Waals surface area contributed by atoms with Crippen molar-refractivity contribution in [2.45, 2.75) is 51.5 Å². The molecular weight excluding hydrogens is 186 g/mol. The molecule has 0 bridgehead atoms. The Labute approximate surface area is 85.1 Å². The Hall–Kier alpha value is -0.0800. The van der Waals surface area contributed by atoms with E-state index in [-0.39, 0.29) is 12.0 Å². The van der Waals surface area contributed by atoms with Gasteiger partial charge in [0.1, 0.15) is 5.78 Å². The van der Waals surface area contributed by atoms with Crippen molar-refractivity contribution in [2.24, 2.45) is 5.92 Å². The maximum Gasteiger partial charge on any atom is 0.137 e. The molecule has 0 heterocycles. The molecule has 13 heavy (non-hydrogen) atoms. The van der Waals surface area contributed by atoms with Crippen LogP contribution in [0.15, 0.2) is 0 Å². The van der Waals surface area contributed by atoms with E-state index in [0.29, 0.717) is 12.2 Å². The van der Waals surface area contributed by atoms with Crippen molar-refractivity contribution in [3.05, 3.63) is 0 Å². The normalized spacial score (nSPS) is 28.8. The van der Waals surface area contributed by atoms with Crippen LogP contribution in [0, 0.1) is 5.92 Å². The van der Waals surface area contributed by atoms with Gasteiger partial charge in [0.05, 0.1) is 0 Å². The highest BCUT2D eigenvalue weighted by molar-refractivity contribution is 6.13. The largest absolute Gasteiger partial charge is 0.299 e. The van der Waals surface area contributed by atoms with Crippen LogP contribution in [0.25, 0.3) is 0 Å². The fraction of sp³-hybridized carbons (Fsp3) is 0.900. The van der Waals surface area contributed by atoms with Crippen molar-refractivity contribution in [1.82, 2.24) is 4.84 Å². The van der Waals surface area contributed by atoms with Crippen LogP contribution in [-0.2, 0) is 4.79 Å². The second-order valence-electron chi connectivity index (χ2n) is 3.82. The number of rotatable bonds is 4. The maximum absolute atomic E-state index is 11.7. The molecule has 1 rings (SSSR count). The minimum atomic E-state index is 0.172. The van der Waals surface area contributed by atoms with E-state index in [4.69, 9.17) is 11.8 Å². The Kier molecular flexibility index (Phi) is 4.74. The van der Waals surface area contributed by atoms with Gasteiger partial charge in [-0.25, -0.2) is 4.84 Å². The standard InChI is InChI=1S/C10H18ClNO/c1-2-5-10(13)8-6-3-4-7-9(8)12-11/h8-9,12H,2-7H2,1H3/t8?,9-/m1/s1. The zero-order valence-electron chi connectivity index (χ0n) is 8.18. The number of hydrogen-bond donors (Lipinski definition) is 1. The van der Waals surface area contributed by atoms with E-state index in [1.807, 2.05) is 6.92 Å². The Bertz CT molecular complexity index is 172. The van der Waals surface area contributed by atoms with Gasteiger partial charge in [-0.15, -0.1) is 0 Å². The van der Waals surface area contributed by atoms with Gasteiger partial charge in [-0.05, 0) is 31.0 Å². The third-order valence-electron chi connectivity index (χ3n) is 2.82. The second kappa shape index (κ2) is 5.61. The lowest BCUT2D eigenvalue weighted by Gasteiger charge is -2.28. The third-order valence-corrected chi connectivity index (χ3v) is 3.10. The predicted octanol–water partition coefficient (Wildman–Crippen LogP) is 2.66. The van der Waals surface area contributed by atoms with E-state index in [2.05, 4.69) is 4.84 Å². The Balaban J connectivity index is 2.48. The van der Waals surface area contributed by atoms with Crippen LogP contribution in [-0.4, -0.2) is 11.8 Å². The number of hydrogen-bond acceptors (Lipinski definition) is 2. The van der Waals surface area contributed by atoms with Crippen LogP contribution < -0.4 is 4.84 Å². The van der Waals surface area contributed by atoms with Crippen molar-refractivity contribution in [3.63, 3.8) is 0 Å². The highest BCUT2D eigenvalue weighted by Gasteiger charge is 2.29. The average Bonchev–Trinajstić information content (AvgIpc) is 2.18. The number of carbonyl (C=O) groups is 1. The molecule has 1 aliphatic carbocycles. The lowest BCUT2D eigenvalue weighted by Crippen LogP contribution is -2.38. The Morgan fingerprint density at radius 2 is 2.15 bits per heavy atom. The van der Waals surface area contributed by atoms with Crippen molar-refractivity contribution in [1.29, 1.82) is 0 Å². The highest BCUT2D eigenvalue weighted by atomic mass is 35.5. The predicted molar refractivity (Wildman–Crippen MR) is 54.6 cm³/mol. The van der Waals surface area contributed by atoms with Crippen molar-refractivity contribution in [3.8, 4) is 0 Å². The first-order valence-corrected chi connectivity index (χ1v) is 5.56. The summed E-state index contributed by atoms with van der Waals surface area (Å²) in [5.74, 6) is 0.562. The molecule has 0 amide bonds. The first-order valence-electron chi connectivity index (χ1n) is 5.18. The summed E-state index contributed by atoms with van der Waals surface area (Å²) >= 11 is 5.62. The van der Waals surface area contributed by atoms with Crippen LogP contribution in [0.1, 0.15) is 45.4 Å². The highest BCUT2D eigenvalue weighted by Crippen LogP contribution is 2.26. The summed E-state index contributed by atoms with van der Waals surface area (Å²) in [5.41, 5.74) is 0. The van der Waals surface area contributed by atoms with Crippen molar-refractivity contribution < 1.29 is 4.79 Å². The van der Waals surface area contributed by atoms with E-state index < -0.39 is 0 Å². The molecule has 0 saturated heterocycles. The molecule has 1 N–H and O–H groups in total. The van der Waals surface area contributed by atoms with Gasteiger partial charge >= 0.3 is 0 Å². The molecular formula is C10H18ClNO. The number of nitrogens with one attached hydrogen (secondary N) is 1. The second-order valence-corrected chi connectivity index (χ2v) is 4.04. The van der Waals surface area contributed by atoms with Gasteiger partial charge in [0.25, 0.3) is 0 Å². The molecule has 0 aromatic heterocycles. The molecule has 1 saturated carbocycles. The van der Waals surface area contributed by atoms with Crippen LogP contribution in [0.5, 0.6) is 0 Å². The Morgan fingerprint density at radius 1 is 1.46 bits per heavy atom. The molecule has 0 aromatic carbocycles. The SMILES string of the molecule is CCCC(=O)C1CCCC[C@H]1NCl. The minimum Gasteiger partial charge on any atom is -0.299 e. The molecule has 2 nitrogen and oxygen atoms in total. The molecule has 0 aliphatic heterocycles. The average molecular weight is 204 g/mol. The van der Waals surface area contributed by atoms with Gasteiger partial charge in [-0.2, -0.15) is 0 Å². The van der Waals surface area contributed by atoms with Gasteiger partial charge in [-0.1, -0.05) is 19.8 Å². The lowest BCUT2D eigenvalue weighted by atomic mass is 9.81. The molecule has 1 fully saturated rings. The summed E-state index contributed by atoms with van der Waals surface area (Å²) in [7, 11) is 0. The fourth-order valence-corrected chi connectivity index (χ4v) is 2.34. The third kappa shape index (κ3) is 2.96. The smallest absolute Gasteiger partial charge is 0.137 e. The van der Waals surface area contributed by atoms with E-state index in [9.17, 15) is 4.79 Å². The van der Waals surface area contributed by atoms with Gasteiger partial charge in [-0.3, -0.25) is 4.79 Å². The van der Waals surface area contributed by atoms with Gasteiger partial charge < -0.3 is 0 Å². The van der Waals surface area contributed by atoms with Crippen LogP contribution in [0.4, 0.5) is 0 Å². The zero-order chi connectivity index (χ0) is 9.68. The van der Waals surface area contributed by atoms with E-state index in [0.717, 1.165) is 19.3 Å². The van der Waals surface area contributed by atoms with Gasteiger partial charge in [0, 0.05) is 18.4 Å². The van der Waals surface area contributed by atoms with Crippen LogP contribution >= 0.6 is 11.8 Å². The lowest BCUT2D eigenvalue weighted by molar-refractivity contribution is -0.124. The van der Waals surface area contributed by atoms with Crippen LogP contribution in [0.3, 0.4) is 0 Å². The monoisotopic (exact) mass is 203 g/mol. The Morgan fingerprint density at radius 3 is 2.77 bits per heavy atom. The minimum absolute atomic E-state index is 0.172. The van der Waals surface area contributed by atoms with Gasteiger partial charge in [0.15, 0.2) is 0 Å². The number of carbonyl (C=O) groups excluding carboxylic acids is 1. The van der Waals surface area contributed by atoms with Gasteiger partial charge in [0.2, 0.25) is 0 Å². The summed E-state index contributed by atoms with van der Waals surface area (Å²) in [4.78, 5) is 14.4. The summed E-state index contributed by atoms with van der Waals surface area (Å²) in [5, 5.41) is 0. The number of ketones is 1. The summed E-state index contributed by atoms with van der Waals surface area (Å²) in [6, 6.07) is 0.217. The number of Topliss-reactive ketones (excluding diaryl/α,β-unsaturated/α-hetero) is 1. The summed E-state index contributed by atoms with van der Waals surface area (Å²) in [6.07, 6.45) is 6.09.